The topological polar surface area (TPSA) is 27.1 Å². The summed E-state index contributed by atoms with van der Waals surface area (Å²) in [5.74, 6) is 0.525. The fourth-order valence-corrected chi connectivity index (χ4v) is 2.34. The lowest BCUT2D eigenvalue weighted by Crippen LogP contribution is -2.27. The van der Waals surface area contributed by atoms with Crippen molar-refractivity contribution in [1.29, 1.82) is 5.41 Å². The third kappa shape index (κ3) is 2.44. The van der Waals surface area contributed by atoms with Crippen molar-refractivity contribution in [3.8, 4) is 0 Å². The Bertz CT molecular complexity index is 364. The first-order valence-corrected chi connectivity index (χ1v) is 5.72. The molecule has 0 aliphatic carbocycles. The largest absolute Gasteiger partial charge is 0.357 e. The van der Waals surface area contributed by atoms with E-state index in [2.05, 4.69) is 4.90 Å². The minimum atomic E-state index is 0.525. The van der Waals surface area contributed by atoms with E-state index in [9.17, 15) is 0 Å². The molecule has 1 saturated heterocycles. The summed E-state index contributed by atoms with van der Waals surface area (Å²) in [5.41, 5.74) is 0.800. The summed E-state index contributed by atoms with van der Waals surface area (Å²) in [5, 5.41) is 9.20. The van der Waals surface area contributed by atoms with Gasteiger partial charge in [0.05, 0.1) is 0 Å². The molecule has 0 bridgehead atoms. The summed E-state index contributed by atoms with van der Waals surface area (Å²) < 4.78 is 0. The van der Waals surface area contributed by atoms with Gasteiger partial charge in [-0.3, -0.25) is 5.41 Å². The number of halogens is 2. The summed E-state index contributed by atoms with van der Waals surface area (Å²) in [4.78, 5) is 2.06. The van der Waals surface area contributed by atoms with Gasteiger partial charge in [0.2, 0.25) is 0 Å². The van der Waals surface area contributed by atoms with Gasteiger partial charge in [0.15, 0.2) is 0 Å². The molecule has 1 N–H and O–H groups in total. The van der Waals surface area contributed by atoms with E-state index in [-0.39, 0.29) is 0 Å². The van der Waals surface area contributed by atoms with Crippen LogP contribution in [0.1, 0.15) is 18.4 Å². The van der Waals surface area contributed by atoms with Crippen molar-refractivity contribution < 1.29 is 0 Å². The highest BCUT2D eigenvalue weighted by Crippen LogP contribution is 2.21. The van der Waals surface area contributed by atoms with E-state index in [0.29, 0.717) is 15.9 Å². The summed E-state index contributed by atoms with van der Waals surface area (Å²) >= 11 is 11.8. The van der Waals surface area contributed by atoms with Crippen molar-refractivity contribution in [2.45, 2.75) is 12.8 Å². The summed E-state index contributed by atoms with van der Waals surface area (Å²) in [6.07, 6.45) is 2.33. The maximum Gasteiger partial charge on any atom is 0.128 e. The Morgan fingerprint density at radius 3 is 2.13 bits per heavy atom. The number of nitrogens with zero attached hydrogens (tertiary/aromatic N) is 1. The van der Waals surface area contributed by atoms with Crippen molar-refractivity contribution in [3.63, 3.8) is 0 Å². The molecule has 1 aromatic rings. The van der Waals surface area contributed by atoms with Crippen molar-refractivity contribution in [2.75, 3.05) is 13.1 Å². The Labute approximate surface area is 99.3 Å². The lowest BCUT2D eigenvalue weighted by atomic mass is 10.2. The second-order valence-corrected chi connectivity index (χ2v) is 4.57. The van der Waals surface area contributed by atoms with Gasteiger partial charge in [-0.05, 0) is 31.0 Å². The van der Waals surface area contributed by atoms with Crippen LogP contribution in [-0.2, 0) is 0 Å². The second-order valence-electron chi connectivity index (χ2n) is 3.70. The lowest BCUT2D eigenvalue weighted by molar-refractivity contribution is 0.517. The Morgan fingerprint density at radius 1 is 1.07 bits per heavy atom. The third-order valence-electron chi connectivity index (χ3n) is 2.56. The van der Waals surface area contributed by atoms with Gasteiger partial charge in [-0.1, -0.05) is 23.2 Å². The van der Waals surface area contributed by atoms with Crippen LogP contribution < -0.4 is 0 Å². The van der Waals surface area contributed by atoms with Crippen molar-refractivity contribution in [1.82, 2.24) is 4.90 Å². The quantitative estimate of drug-likeness (QED) is 0.593. The predicted molar refractivity (Wildman–Crippen MR) is 64.1 cm³/mol. The molecule has 4 heteroatoms. The summed E-state index contributed by atoms with van der Waals surface area (Å²) in [6.45, 7) is 1.92. The van der Waals surface area contributed by atoms with Gasteiger partial charge in [-0.25, -0.2) is 0 Å². The van der Waals surface area contributed by atoms with Crippen LogP contribution in [0.3, 0.4) is 0 Å². The van der Waals surface area contributed by atoms with Crippen molar-refractivity contribution in [2.24, 2.45) is 0 Å². The standard InChI is InChI=1S/C11H12Cl2N2/c12-9-5-8(6-10(13)7-9)11(14)15-3-1-2-4-15/h5-7,14H,1-4H2. The first-order valence-electron chi connectivity index (χ1n) is 4.97. The molecule has 1 aliphatic heterocycles. The van der Waals surface area contributed by atoms with Gasteiger partial charge in [0.1, 0.15) is 5.84 Å². The molecule has 0 unspecified atom stereocenters. The Balaban J connectivity index is 2.24. The zero-order valence-corrected chi connectivity index (χ0v) is 9.78. The normalized spacial score (nSPS) is 15.7. The molecule has 0 radical (unpaired) electrons. The van der Waals surface area contributed by atoms with Crippen LogP contribution in [0.4, 0.5) is 0 Å². The number of benzene rings is 1. The van der Waals surface area contributed by atoms with Gasteiger partial charge in [0.25, 0.3) is 0 Å². The number of hydrogen-bond acceptors (Lipinski definition) is 1. The lowest BCUT2D eigenvalue weighted by Gasteiger charge is -2.18. The molecule has 1 aliphatic rings. The smallest absolute Gasteiger partial charge is 0.128 e. The Morgan fingerprint density at radius 2 is 1.60 bits per heavy atom. The molecular formula is C11H12Cl2N2. The van der Waals surface area contributed by atoms with Crippen LogP contribution in [0.5, 0.6) is 0 Å². The third-order valence-corrected chi connectivity index (χ3v) is 2.99. The minimum Gasteiger partial charge on any atom is -0.357 e. The molecule has 0 amide bonds. The molecule has 0 atom stereocenters. The zero-order chi connectivity index (χ0) is 10.8. The average molecular weight is 243 g/mol. The molecule has 2 rings (SSSR count). The van der Waals surface area contributed by atoms with E-state index < -0.39 is 0 Å². The molecule has 80 valence electrons. The van der Waals surface area contributed by atoms with E-state index in [1.54, 1.807) is 18.2 Å². The van der Waals surface area contributed by atoms with E-state index >= 15 is 0 Å². The highest BCUT2D eigenvalue weighted by atomic mass is 35.5. The highest BCUT2D eigenvalue weighted by Gasteiger charge is 2.16. The Kier molecular flexibility index (Phi) is 3.17. The number of hydrogen-bond donors (Lipinski definition) is 1. The number of rotatable bonds is 1. The van der Waals surface area contributed by atoms with Crippen LogP contribution >= 0.6 is 23.2 Å². The fourth-order valence-electron chi connectivity index (χ4n) is 1.81. The van der Waals surface area contributed by atoms with Crippen LogP contribution in [0, 0.1) is 5.41 Å². The highest BCUT2D eigenvalue weighted by molar-refractivity contribution is 6.35. The predicted octanol–water partition coefficient (Wildman–Crippen LogP) is 3.41. The minimum absolute atomic E-state index is 0.525. The molecule has 0 saturated carbocycles. The van der Waals surface area contributed by atoms with Gasteiger partial charge < -0.3 is 4.90 Å². The number of likely N-dealkylation sites (tertiary alicyclic amines) is 1. The summed E-state index contributed by atoms with van der Waals surface area (Å²) in [6, 6.07) is 5.26. The molecular weight excluding hydrogens is 231 g/mol. The average Bonchev–Trinajstić information content (AvgIpc) is 2.67. The van der Waals surface area contributed by atoms with Crippen molar-refractivity contribution >= 4 is 29.0 Å². The summed E-state index contributed by atoms with van der Waals surface area (Å²) in [7, 11) is 0. The SMILES string of the molecule is N=C(c1cc(Cl)cc(Cl)c1)N1CCCC1. The van der Waals surface area contributed by atoms with Gasteiger partial charge >= 0.3 is 0 Å². The van der Waals surface area contributed by atoms with Crippen LogP contribution in [-0.4, -0.2) is 23.8 Å². The molecule has 0 spiro atoms. The first kappa shape index (κ1) is 10.8. The molecule has 15 heavy (non-hydrogen) atoms. The van der Waals surface area contributed by atoms with Crippen LogP contribution in [0.25, 0.3) is 0 Å². The van der Waals surface area contributed by atoms with Crippen molar-refractivity contribution in [3.05, 3.63) is 33.8 Å². The van der Waals surface area contributed by atoms with Gasteiger partial charge in [-0.15, -0.1) is 0 Å². The first-order chi connectivity index (χ1) is 7.16. The molecule has 2 nitrogen and oxygen atoms in total. The van der Waals surface area contributed by atoms with E-state index in [0.717, 1.165) is 31.5 Å². The maximum absolute atomic E-state index is 8.03. The second kappa shape index (κ2) is 4.42. The number of amidine groups is 1. The van der Waals surface area contributed by atoms with E-state index in [1.807, 2.05) is 0 Å². The maximum atomic E-state index is 8.03. The Hall–Kier alpha value is -0.730. The van der Waals surface area contributed by atoms with E-state index in [4.69, 9.17) is 28.6 Å². The molecule has 0 aromatic heterocycles. The zero-order valence-electron chi connectivity index (χ0n) is 8.26. The van der Waals surface area contributed by atoms with Gasteiger partial charge in [0, 0.05) is 28.7 Å². The van der Waals surface area contributed by atoms with Crippen LogP contribution in [0.2, 0.25) is 10.0 Å². The van der Waals surface area contributed by atoms with Gasteiger partial charge in [-0.2, -0.15) is 0 Å². The fraction of sp³-hybridized carbons (Fsp3) is 0.364. The molecule has 1 heterocycles. The number of nitrogens with one attached hydrogen (secondary N) is 1. The van der Waals surface area contributed by atoms with E-state index in [1.165, 1.54) is 0 Å². The van der Waals surface area contributed by atoms with Crippen LogP contribution in [0.15, 0.2) is 18.2 Å². The molecule has 1 fully saturated rings. The monoisotopic (exact) mass is 242 g/mol. The molecule has 1 aromatic carbocycles.